The Morgan fingerprint density at radius 3 is 2.87 bits per heavy atom. The van der Waals surface area contributed by atoms with E-state index in [0.717, 1.165) is 36.2 Å². The van der Waals surface area contributed by atoms with Crippen LogP contribution in [0.25, 0.3) is 0 Å². The van der Waals surface area contributed by atoms with Gasteiger partial charge in [0.1, 0.15) is 0 Å². The first-order chi connectivity index (χ1) is 14.6. The van der Waals surface area contributed by atoms with Crippen LogP contribution in [-0.4, -0.2) is 21.4 Å². The van der Waals surface area contributed by atoms with Crippen molar-refractivity contribution < 1.29 is 9.59 Å². The lowest BCUT2D eigenvalue weighted by Crippen LogP contribution is -2.25. The number of rotatable bonds is 6. The van der Waals surface area contributed by atoms with Crippen molar-refractivity contribution in [3.63, 3.8) is 0 Å². The number of nitrogens with zero attached hydrogens (tertiary/aromatic N) is 2. The van der Waals surface area contributed by atoms with Crippen molar-refractivity contribution >= 4 is 17.5 Å². The second-order valence-corrected chi connectivity index (χ2v) is 7.66. The molecule has 0 radical (unpaired) electrons. The number of aryl methyl sites for hydroxylation is 3. The van der Waals surface area contributed by atoms with E-state index in [-0.39, 0.29) is 17.7 Å². The van der Waals surface area contributed by atoms with E-state index < -0.39 is 0 Å². The summed E-state index contributed by atoms with van der Waals surface area (Å²) < 4.78 is 1.99. The molecule has 1 aliphatic carbocycles. The number of amides is 2. The van der Waals surface area contributed by atoms with Gasteiger partial charge in [-0.3, -0.25) is 9.59 Å². The molecule has 2 amide bonds. The maximum atomic E-state index is 12.9. The molecular weight excluding hydrogens is 376 g/mol. The summed E-state index contributed by atoms with van der Waals surface area (Å²) >= 11 is 0. The van der Waals surface area contributed by atoms with E-state index in [4.69, 9.17) is 0 Å². The summed E-state index contributed by atoms with van der Waals surface area (Å²) in [4.78, 5) is 29.7. The van der Waals surface area contributed by atoms with Crippen LogP contribution >= 0.6 is 0 Å². The van der Waals surface area contributed by atoms with E-state index in [9.17, 15) is 9.59 Å². The number of aromatic nitrogens is 2. The molecular formula is C24H26N4O2. The van der Waals surface area contributed by atoms with E-state index >= 15 is 0 Å². The molecule has 6 heteroatoms. The Morgan fingerprint density at radius 1 is 1.20 bits per heavy atom. The lowest BCUT2D eigenvalue weighted by Gasteiger charge is -2.15. The van der Waals surface area contributed by atoms with Gasteiger partial charge in [0, 0.05) is 24.0 Å². The van der Waals surface area contributed by atoms with Gasteiger partial charge in [-0.05, 0) is 55.5 Å². The van der Waals surface area contributed by atoms with Gasteiger partial charge in [-0.15, -0.1) is 0 Å². The fourth-order valence-corrected chi connectivity index (χ4v) is 4.00. The largest absolute Gasteiger partial charge is 0.346 e. The number of carbonyl (C=O) groups excluding carboxylic acids is 2. The molecule has 1 aliphatic rings. The number of imidazole rings is 1. The minimum absolute atomic E-state index is 0.0209. The van der Waals surface area contributed by atoms with Crippen LogP contribution < -0.4 is 10.6 Å². The fourth-order valence-electron chi connectivity index (χ4n) is 4.00. The monoisotopic (exact) mass is 402 g/mol. The first-order valence-corrected chi connectivity index (χ1v) is 10.3. The highest BCUT2D eigenvalue weighted by Gasteiger charge is 2.28. The summed E-state index contributed by atoms with van der Waals surface area (Å²) in [6.45, 7) is 5.17. The Morgan fingerprint density at radius 2 is 2.03 bits per heavy atom. The summed E-state index contributed by atoms with van der Waals surface area (Å²) in [6, 6.07) is 13.5. The molecule has 6 nitrogen and oxygen atoms in total. The van der Waals surface area contributed by atoms with Gasteiger partial charge in [0.25, 0.3) is 5.91 Å². The Hall–Kier alpha value is -3.41. The molecule has 30 heavy (non-hydrogen) atoms. The zero-order valence-corrected chi connectivity index (χ0v) is 17.3. The molecule has 1 atom stereocenters. The number of hydrogen-bond acceptors (Lipinski definition) is 3. The van der Waals surface area contributed by atoms with Crippen molar-refractivity contribution in [3.05, 3.63) is 82.9 Å². The molecule has 1 unspecified atom stereocenters. The van der Waals surface area contributed by atoms with Gasteiger partial charge < -0.3 is 15.2 Å². The summed E-state index contributed by atoms with van der Waals surface area (Å²) in [5, 5.41) is 5.97. The third-order valence-electron chi connectivity index (χ3n) is 5.78. The molecule has 0 spiro atoms. The maximum Gasteiger partial charge on any atom is 0.251 e. The second-order valence-electron chi connectivity index (χ2n) is 7.66. The molecule has 4 rings (SSSR count). The number of nitrogens with one attached hydrogen (secondary N) is 2. The van der Waals surface area contributed by atoms with Crippen LogP contribution in [0.3, 0.4) is 0 Å². The summed E-state index contributed by atoms with van der Waals surface area (Å²) in [5.74, 6) is -0.347. The first kappa shape index (κ1) is 19.9. The number of benzene rings is 2. The van der Waals surface area contributed by atoms with Crippen molar-refractivity contribution in [2.24, 2.45) is 0 Å². The highest BCUT2D eigenvalue weighted by Crippen LogP contribution is 2.34. The lowest BCUT2D eigenvalue weighted by molar-refractivity contribution is -0.117. The maximum absolute atomic E-state index is 12.9. The molecule has 3 aromatic rings. The van der Waals surface area contributed by atoms with Gasteiger partial charge in [0.2, 0.25) is 5.91 Å². The SMILES string of the molecule is CCn1cncc1CNC(=O)c1ccc(C)c(NC(=O)C2CCc3ccccc32)c1. The predicted octanol–water partition coefficient (Wildman–Crippen LogP) is 3.81. The number of fused-ring (bicyclic) bond motifs is 1. The van der Waals surface area contributed by atoms with E-state index in [1.165, 1.54) is 5.56 Å². The predicted molar refractivity (Wildman–Crippen MR) is 116 cm³/mol. The highest BCUT2D eigenvalue weighted by atomic mass is 16.2. The average Bonchev–Trinajstić information content (AvgIpc) is 3.40. The van der Waals surface area contributed by atoms with Crippen molar-refractivity contribution in [2.45, 2.75) is 45.7 Å². The molecule has 1 aromatic heterocycles. The van der Waals surface area contributed by atoms with Crippen LogP contribution in [0.4, 0.5) is 5.69 Å². The van der Waals surface area contributed by atoms with Crippen molar-refractivity contribution in [2.75, 3.05) is 5.32 Å². The molecule has 1 heterocycles. The minimum atomic E-state index is -0.180. The normalized spacial score (nSPS) is 14.9. The highest BCUT2D eigenvalue weighted by molar-refractivity contribution is 6.00. The summed E-state index contributed by atoms with van der Waals surface area (Å²) in [6.07, 6.45) is 5.24. The van der Waals surface area contributed by atoms with Crippen LogP contribution in [-0.2, 0) is 24.3 Å². The third kappa shape index (κ3) is 3.99. The van der Waals surface area contributed by atoms with Crippen LogP contribution in [0.5, 0.6) is 0 Å². The third-order valence-corrected chi connectivity index (χ3v) is 5.78. The van der Waals surface area contributed by atoms with Crippen molar-refractivity contribution in [1.82, 2.24) is 14.9 Å². The van der Waals surface area contributed by atoms with Crippen LogP contribution in [0, 0.1) is 6.92 Å². The average molecular weight is 402 g/mol. The number of anilines is 1. The zero-order chi connectivity index (χ0) is 21.1. The lowest BCUT2D eigenvalue weighted by atomic mass is 10.00. The van der Waals surface area contributed by atoms with Gasteiger partial charge >= 0.3 is 0 Å². The fraction of sp³-hybridized carbons (Fsp3) is 0.292. The molecule has 0 aliphatic heterocycles. The first-order valence-electron chi connectivity index (χ1n) is 10.3. The van der Waals surface area contributed by atoms with Crippen LogP contribution in [0.2, 0.25) is 0 Å². The van der Waals surface area contributed by atoms with Crippen LogP contribution in [0.15, 0.2) is 55.0 Å². The van der Waals surface area contributed by atoms with E-state index in [1.54, 1.807) is 24.7 Å². The molecule has 154 valence electrons. The van der Waals surface area contributed by atoms with Crippen molar-refractivity contribution in [3.8, 4) is 0 Å². The van der Waals surface area contributed by atoms with E-state index in [0.29, 0.717) is 17.8 Å². The Balaban J connectivity index is 1.45. The van der Waals surface area contributed by atoms with Gasteiger partial charge in [-0.1, -0.05) is 30.3 Å². The van der Waals surface area contributed by atoms with Gasteiger partial charge in [-0.2, -0.15) is 0 Å². The summed E-state index contributed by atoms with van der Waals surface area (Å²) in [5.41, 5.74) is 5.42. The molecule has 2 N–H and O–H groups in total. The molecule has 0 fully saturated rings. The zero-order valence-electron chi connectivity index (χ0n) is 17.3. The molecule has 0 bridgehead atoms. The van der Waals surface area contributed by atoms with Gasteiger partial charge in [-0.25, -0.2) is 4.98 Å². The Labute approximate surface area is 176 Å². The minimum Gasteiger partial charge on any atom is -0.346 e. The van der Waals surface area contributed by atoms with E-state index in [2.05, 4.69) is 21.7 Å². The Bertz CT molecular complexity index is 1090. The van der Waals surface area contributed by atoms with Crippen LogP contribution in [0.1, 0.15) is 52.0 Å². The van der Waals surface area contributed by atoms with Gasteiger partial charge in [0.15, 0.2) is 0 Å². The topological polar surface area (TPSA) is 76.0 Å². The quantitative estimate of drug-likeness (QED) is 0.658. The molecule has 0 saturated carbocycles. The number of carbonyl (C=O) groups is 2. The summed E-state index contributed by atoms with van der Waals surface area (Å²) in [7, 11) is 0. The van der Waals surface area contributed by atoms with Crippen molar-refractivity contribution in [1.29, 1.82) is 0 Å². The molecule has 0 saturated heterocycles. The smallest absolute Gasteiger partial charge is 0.251 e. The second kappa shape index (κ2) is 8.53. The standard InChI is InChI=1S/C24H26N4O2/c1-3-28-15-25-13-19(28)14-26-23(29)18-9-8-16(2)22(12-18)27-24(30)21-11-10-17-6-4-5-7-20(17)21/h4-9,12-13,15,21H,3,10-11,14H2,1-2H3,(H,26,29)(H,27,30). The number of hydrogen-bond donors (Lipinski definition) is 2. The van der Waals surface area contributed by atoms with Gasteiger partial charge in [0.05, 0.1) is 24.5 Å². The molecule has 2 aromatic carbocycles. The Kier molecular flexibility index (Phi) is 5.65. The van der Waals surface area contributed by atoms with E-state index in [1.807, 2.05) is 42.7 Å².